The Kier molecular flexibility index (Phi) is 8.51. The number of carbonyl (C=O) groups is 2. The van der Waals surface area contributed by atoms with E-state index in [1.807, 2.05) is 0 Å². The first-order valence-electron chi connectivity index (χ1n) is 10.5. The van der Waals surface area contributed by atoms with E-state index in [2.05, 4.69) is 16.0 Å². The number of benzene rings is 2. The number of anilines is 1. The van der Waals surface area contributed by atoms with Gasteiger partial charge in [0.2, 0.25) is 5.91 Å². The smallest absolute Gasteiger partial charge is 0.269 e. The van der Waals surface area contributed by atoms with Crippen molar-refractivity contribution in [2.45, 2.75) is 38.1 Å². The molecule has 0 aromatic heterocycles. The quantitative estimate of drug-likeness (QED) is 0.233. The lowest BCUT2D eigenvalue weighted by molar-refractivity contribution is -0.384. The molecule has 1 aliphatic rings. The summed E-state index contributed by atoms with van der Waals surface area (Å²) in [5.74, 6) is -0.716. The van der Waals surface area contributed by atoms with Crippen molar-refractivity contribution in [3.63, 3.8) is 0 Å². The van der Waals surface area contributed by atoms with E-state index in [4.69, 9.17) is 23.8 Å². The topological polar surface area (TPSA) is 113 Å². The number of amides is 2. The minimum absolute atomic E-state index is 0.0308. The Morgan fingerprint density at radius 3 is 2.45 bits per heavy atom. The van der Waals surface area contributed by atoms with Gasteiger partial charge in [0.05, 0.1) is 15.5 Å². The van der Waals surface area contributed by atoms with Gasteiger partial charge in [0.15, 0.2) is 5.11 Å². The van der Waals surface area contributed by atoms with Crippen LogP contribution in [0.25, 0.3) is 6.08 Å². The molecule has 0 atom stereocenters. The maximum Gasteiger partial charge on any atom is 0.269 e. The zero-order valence-corrected chi connectivity index (χ0v) is 19.2. The van der Waals surface area contributed by atoms with Crippen LogP contribution in [0.2, 0.25) is 5.02 Å². The van der Waals surface area contributed by atoms with Crippen molar-refractivity contribution in [1.29, 1.82) is 0 Å². The molecule has 3 rings (SSSR count). The van der Waals surface area contributed by atoms with Gasteiger partial charge in [0.1, 0.15) is 0 Å². The van der Waals surface area contributed by atoms with Gasteiger partial charge < -0.3 is 10.6 Å². The fraction of sp³-hybridized carbons (Fsp3) is 0.261. The molecule has 8 nitrogen and oxygen atoms in total. The maximum absolute atomic E-state index is 12.7. The molecule has 2 aromatic carbocycles. The average molecular weight is 487 g/mol. The van der Waals surface area contributed by atoms with Gasteiger partial charge in [-0.3, -0.25) is 25.0 Å². The Morgan fingerprint density at radius 1 is 1.09 bits per heavy atom. The van der Waals surface area contributed by atoms with Crippen LogP contribution >= 0.6 is 23.8 Å². The summed E-state index contributed by atoms with van der Waals surface area (Å²) in [6.45, 7) is 0. The molecule has 0 bridgehead atoms. The molecule has 1 aliphatic carbocycles. The number of hydrogen-bond acceptors (Lipinski definition) is 5. The SMILES string of the molecule is O=C(/C=C/c1ccc([N+](=O)[O-])cc1)NC(=S)Nc1ccc(Cl)c(C(=O)NC2CCCCC2)c1. The van der Waals surface area contributed by atoms with Crippen LogP contribution < -0.4 is 16.0 Å². The summed E-state index contributed by atoms with van der Waals surface area (Å²) in [5, 5.41) is 19.5. The van der Waals surface area contributed by atoms with Gasteiger partial charge in [-0.15, -0.1) is 0 Å². The van der Waals surface area contributed by atoms with Crippen molar-refractivity contribution >= 4 is 58.2 Å². The summed E-state index contributed by atoms with van der Waals surface area (Å²) in [5.41, 5.74) is 1.44. The molecule has 33 heavy (non-hydrogen) atoms. The van der Waals surface area contributed by atoms with Crippen molar-refractivity contribution in [3.8, 4) is 0 Å². The molecular formula is C23H23ClN4O4S. The average Bonchev–Trinajstić information content (AvgIpc) is 2.79. The number of thiocarbonyl (C=S) groups is 1. The van der Waals surface area contributed by atoms with Gasteiger partial charge >= 0.3 is 0 Å². The van der Waals surface area contributed by atoms with Gasteiger partial charge in [0.25, 0.3) is 11.6 Å². The van der Waals surface area contributed by atoms with Gasteiger partial charge in [-0.1, -0.05) is 30.9 Å². The standard InChI is InChI=1S/C23H23ClN4O4S/c24-20-12-9-17(14-19(20)22(30)25-16-4-2-1-3-5-16)26-23(33)27-21(29)13-8-15-6-10-18(11-7-15)28(31)32/h6-14,16H,1-5H2,(H,25,30)(H2,26,27,29,33)/b13-8+. The monoisotopic (exact) mass is 486 g/mol. The Morgan fingerprint density at radius 2 is 1.79 bits per heavy atom. The molecule has 0 spiro atoms. The molecule has 3 N–H and O–H groups in total. The molecule has 2 aromatic rings. The summed E-state index contributed by atoms with van der Waals surface area (Å²) in [6.07, 6.45) is 8.10. The summed E-state index contributed by atoms with van der Waals surface area (Å²) in [7, 11) is 0. The second-order valence-corrected chi connectivity index (χ2v) is 8.44. The van der Waals surface area contributed by atoms with E-state index in [1.165, 1.54) is 42.8 Å². The van der Waals surface area contributed by atoms with E-state index >= 15 is 0 Å². The molecule has 0 heterocycles. The Hall–Kier alpha value is -3.30. The molecule has 1 fully saturated rings. The number of carbonyl (C=O) groups excluding carboxylic acids is 2. The first-order valence-corrected chi connectivity index (χ1v) is 11.3. The second-order valence-electron chi connectivity index (χ2n) is 7.63. The number of nitro groups is 1. The molecule has 0 unspecified atom stereocenters. The molecule has 172 valence electrons. The van der Waals surface area contributed by atoms with E-state index in [0.717, 1.165) is 25.7 Å². The number of nitro benzene ring substituents is 1. The van der Waals surface area contributed by atoms with Crippen LogP contribution in [0.5, 0.6) is 0 Å². The number of non-ortho nitro benzene ring substituents is 1. The first-order chi connectivity index (χ1) is 15.8. The van der Waals surface area contributed by atoms with Gasteiger partial charge in [-0.25, -0.2) is 0 Å². The van der Waals surface area contributed by atoms with Crippen LogP contribution in [0.3, 0.4) is 0 Å². The van der Waals surface area contributed by atoms with Crippen molar-refractivity contribution in [3.05, 3.63) is 74.8 Å². The minimum atomic E-state index is -0.494. The predicted molar refractivity (Wildman–Crippen MR) is 132 cm³/mol. The highest BCUT2D eigenvalue weighted by atomic mass is 35.5. The van der Waals surface area contributed by atoms with Crippen molar-refractivity contribution < 1.29 is 14.5 Å². The van der Waals surface area contributed by atoms with Gasteiger partial charge in [-0.05, 0) is 67.0 Å². The van der Waals surface area contributed by atoms with Crippen molar-refractivity contribution in [1.82, 2.24) is 10.6 Å². The number of rotatable bonds is 6. The van der Waals surface area contributed by atoms with Crippen LogP contribution in [0.15, 0.2) is 48.5 Å². The fourth-order valence-corrected chi connectivity index (χ4v) is 3.90. The second kappa shape index (κ2) is 11.5. The molecule has 0 radical (unpaired) electrons. The Balaban J connectivity index is 1.55. The molecule has 0 aliphatic heterocycles. The molecule has 0 saturated heterocycles. The highest BCUT2D eigenvalue weighted by Crippen LogP contribution is 2.23. The van der Waals surface area contributed by atoms with Crippen LogP contribution in [0.1, 0.15) is 48.0 Å². The van der Waals surface area contributed by atoms with Crippen LogP contribution in [-0.2, 0) is 4.79 Å². The van der Waals surface area contributed by atoms with Crippen LogP contribution in [0.4, 0.5) is 11.4 Å². The third-order valence-electron chi connectivity index (χ3n) is 5.18. The highest BCUT2D eigenvalue weighted by molar-refractivity contribution is 7.80. The lowest BCUT2D eigenvalue weighted by Gasteiger charge is -2.23. The zero-order valence-electron chi connectivity index (χ0n) is 17.7. The molecule has 2 amide bonds. The highest BCUT2D eigenvalue weighted by Gasteiger charge is 2.19. The summed E-state index contributed by atoms with van der Waals surface area (Å²) in [4.78, 5) is 35.0. The largest absolute Gasteiger partial charge is 0.349 e. The Labute approximate surface area is 201 Å². The van der Waals surface area contributed by atoms with Gasteiger partial charge in [0, 0.05) is 29.9 Å². The van der Waals surface area contributed by atoms with Crippen molar-refractivity contribution in [2.24, 2.45) is 0 Å². The minimum Gasteiger partial charge on any atom is -0.349 e. The molecule has 10 heteroatoms. The van der Waals surface area contributed by atoms with Gasteiger partial charge in [-0.2, -0.15) is 0 Å². The van der Waals surface area contributed by atoms with Crippen LogP contribution in [0, 0.1) is 10.1 Å². The lowest BCUT2D eigenvalue weighted by Crippen LogP contribution is -2.36. The zero-order chi connectivity index (χ0) is 23.8. The number of nitrogens with zero attached hydrogens (tertiary/aromatic N) is 1. The van der Waals surface area contributed by atoms with E-state index < -0.39 is 10.8 Å². The fourth-order valence-electron chi connectivity index (χ4n) is 3.48. The molecule has 1 saturated carbocycles. The molecular weight excluding hydrogens is 464 g/mol. The third-order valence-corrected chi connectivity index (χ3v) is 5.71. The summed E-state index contributed by atoms with van der Waals surface area (Å²) >= 11 is 11.4. The van der Waals surface area contributed by atoms with E-state index in [1.54, 1.807) is 18.2 Å². The first kappa shape index (κ1) is 24.3. The maximum atomic E-state index is 12.7. The lowest BCUT2D eigenvalue weighted by atomic mass is 9.95. The number of nitrogens with one attached hydrogen (secondary N) is 3. The van der Waals surface area contributed by atoms with E-state index in [0.29, 0.717) is 21.8 Å². The normalized spacial score (nSPS) is 14.0. The van der Waals surface area contributed by atoms with Crippen LogP contribution in [-0.4, -0.2) is 27.9 Å². The van der Waals surface area contributed by atoms with E-state index in [9.17, 15) is 19.7 Å². The summed E-state index contributed by atoms with van der Waals surface area (Å²) < 4.78 is 0. The van der Waals surface area contributed by atoms with Crippen molar-refractivity contribution in [2.75, 3.05) is 5.32 Å². The third kappa shape index (κ3) is 7.37. The number of hydrogen-bond donors (Lipinski definition) is 3. The summed E-state index contributed by atoms with van der Waals surface area (Å²) in [6, 6.07) is 10.8. The number of halogens is 1. The predicted octanol–water partition coefficient (Wildman–Crippen LogP) is 4.84. The van der Waals surface area contributed by atoms with E-state index in [-0.39, 0.29) is 22.7 Å². The Bertz CT molecular complexity index is 1080.